The molecule has 0 saturated carbocycles. The second-order valence-electron chi connectivity index (χ2n) is 5.43. The molecule has 0 aliphatic heterocycles. The average molecular weight is 377 g/mol. The smallest absolute Gasteiger partial charge is 0.0577 e. The van der Waals surface area contributed by atoms with Gasteiger partial charge in [0.05, 0.1) is 6.04 Å². The van der Waals surface area contributed by atoms with E-state index in [2.05, 4.69) is 77.3 Å². The molecule has 1 aliphatic carbocycles. The molecule has 1 unspecified atom stereocenters. The fourth-order valence-corrected chi connectivity index (χ4v) is 3.66. The van der Waals surface area contributed by atoms with E-state index in [0.29, 0.717) is 6.04 Å². The standard InChI is InChI=1S/C18H20IN/c1-2-20-18(15-7-4-8-17(19)12-15)16-10-9-13-5-3-6-14(13)11-16/h4,7-12,18,20H,2-3,5-6H2,1H3. The lowest BCUT2D eigenvalue weighted by Crippen LogP contribution is -2.22. The van der Waals surface area contributed by atoms with Crippen molar-refractivity contribution in [3.63, 3.8) is 0 Å². The highest BCUT2D eigenvalue weighted by Crippen LogP contribution is 2.29. The molecule has 1 aliphatic rings. The van der Waals surface area contributed by atoms with Crippen molar-refractivity contribution < 1.29 is 0 Å². The first-order valence-corrected chi connectivity index (χ1v) is 8.46. The van der Waals surface area contributed by atoms with Gasteiger partial charge in [-0.25, -0.2) is 0 Å². The van der Waals surface area contributed by atoms with Crippen molar-refractivity contribution in [2.45, 2.75) is 32.2 Å². The van der Waals surface area contributed by atoms with Crippen molar-refractivity contribution >= 4 is 22.6 Å². The number of halogens is 1. The van der Waals surface area contributed by atoms with E-state index < -0.39 is 0 Å². The first-order chi connectivity index (χ1) is 9.78. The Morgan fingerprint density at radius 1 is 1.05 bits per heavy atom. The fraction of sp³-hybridized carbons (Fsp3) is 0.333. The van der Waals surface area contributed by atoms with Crippen LogP contribution in [-0.2, 0) is 12.8 Å². The van der Waals surface area contributed by atoms with Crippen molar-refractivity contribution in [3.8, 4) is 0 Å². The molecule has 0 spiro atoms. The molecular formula is C18H20IN. The van der Waals surface area contributed by atoms with Gasteiger partial charge in [0.1, 0.15) is 0 Å². The van der Waals surface area contributed by atoms with Crippen LogP contribution in [-0.4, -0.2) is 6.54 Å². The number of hydrogen-bond donors (Lipinski definition) is 1. The van der Waals surface area contributed by atoms with Gasteiger partial charge in [0.15, 0.2) is 0 Å². The minimum Gasteiger partial charge on any atom is -0.307 e. The van der Waals surface area contributed by atoms with Gasteiger partial charge in [-0.05, 0) is 82.8 Å². The van der Waals surface area contributed by atoms with E-state index in [-0.39, 0.29) is 0 Å². The second kappa shape index (κ2) is 6.27. The van der Waals surface area contributed by atoms with Gasteiger partial charge in [-0.15, -0.1) is 0 Å². The normalized spacial score (nSPS) is 15.1. The highest BCUT2D eigenvalue weighted by Gasteiger charge is 2.17. The van der Waals surface area contributed by atoms with E-state index in [1.807, 2.05) is 0 Å². The lowest BCUT2D eigenvalue weighted by Gasteiger charge is -2.20. The summed E-state index contributed by atoms with van der Waals surface area (Å²) in [5.74, 6) is 0. The van der Waals surface area contributed by atoms with E-state index in [0.717, 1.165) is 6.54 Å². The van der Waals surface area contributed by atoms with Crippen molar-refractivity contribution in [1.82, 2.24) is 5.32 Å². The Bertz CT molecular complexity index is 606. The molecule has 0 radical (unpaired) electrons. The van der Waals surface area contributed by atoms with Gasteiger partial charge in [-0.1, -0.05) is 37.3 Å². The Balaban J connectivity index is 1.98. The van der Waals surface area contributed by atoms with Crippen molar-refractivity contribution in [3.05, 3.63) is 68.3 Å². The van der Waals surface area contributed by atoms with Gasteiger partial charge in [0.25, 0.3) is 0 Å². The highest BCUT2D eigenvalue weighted by atomic mass is 127. The third kappa shape index (κ3) is 2.91. The van der Waals surface area contributed by atoms with Crippen LogP contribution in [0.2, 0.25) is 0 Å². The lowest BCUT2D eigenvalue weighted by atomic mass is 9.95. The summed E-state index contributed by atoms with van der Waals surface area (Å²) in [6, 6.07) is 16.2. The fourth-order valence-electron chi connectivity index (χ4n) is 3.09. The third-order valence-electron chi connectivity index (χ3n) is 4.05. The number of aryl methyl sites for hydroxylation is 2. The minimum atomic E-state index is 0.306. The maximum atomic E-state index is 3.63. The van der Waals surface area contributed by atoms with Crippen LogP contribution < -0.4 is 5.32 Å². The van der Waals surface area contributed by atoms with Gasteiger partial charge >= 0.3 is 0 Å². The van der Waals surface area contributed by atoms with Crippen LogP contribution in [0.25, 0.3) is 0 Å². The third-order valence-corrected chi connectivity index (χ3v) is 4.72. The summed E-state index contributed by atoms with van der Waals surface area (Å²) in [5, 5.41) is 3.63. The summed E-state index contributed by atoms with van der Waals surface area (Å²) in [7, 11) is 0. The monoisotopic (exact) mass is 377 g/mol. The molecule has 2 aromatic rings. The SMILES string of the molecule is CCNC(c1cccc(I)c1)c1ccc2c(c1)CCC2. The van der Waals surface area contributed by atoms with Crippen LogP contribution in [0.1, 0.15) is 41.6 Å². The molecule has 2 aromatic carbocycles. The summed E-state index contributed by atoms with van der Waals surface area (Å²) < 4.78 is 1.30. The van der Waals surface area contributed by atoms with Crippen molar-refractivity contribution in [2.24, 2.45) is 0 Å². The molecule has 104 valence electrons. The quantitative estimate of drug-likeness (QED) is 0.775. The van der Waals surface area contributed by atoms with E-state index in [1.165, 1.54) is 34.0 Å². The Labute approximate surface area is 134 Å². The van der Waals surface area contributed by atoms with Crippen molar-refractivity contribution in [1.29, 1.82) is 0 Å². The van der Waals surface area contributed by atoms with E-state index in [1.54, 1.807) is 11.1 Å². The van der Waals surface area contributed by atoms with Crippen LogP contribution >= 0.6 is 22.6 Å². The summed E-state index contributed by atoms with van der Waals surface area (Å²) in [6.45, 7) is 3.15. The first kappa shape index (κ1) is 14.1. The number of fused-ring (bicyclic) bond motifs is 1. The number of hydrogen-bond acceptors (Lipinski definition) is 1. The Hall–Kier alpha value is -0.870. The molecule has 0 amide bonds. The van der Waals surface area contributed by atoms with Crippen LogP contribution in [0.15, 0.2) is 42.5 Å². The topological polar surface area (TPSA) is 12.0 Å². The van der Waals surface area contributed by atoms with Gasteiger partial charge in [-0.2, -0.15) is 0 Å². The van der Waals surface area contributed by atoms with Crippen LogP contribution in [0.3, 0.4) is 0 Å². The summed E-state index contributed by atoms with van der Waals surface area (Å²) >= 11 is 2.39. The summed E-state index contributed by atoms with van der Waals surface area (Å²) in [6.07, 6.45) is 3.81. The number of rotatable bonds is 4. The molecule has 1 nitrogen and oxygen atoms in total. The maximum absolute atomic E-state index is 3.63. The molecule has 20 heavy (non-hydrogen) atoms. The predicted molar refractivity (Wildman–Crippen MR) is 93.1 cm³/mol. The van der Waals surface area contributed by atoms with Crippen molar-refractivity contribution in [2.75, 3.05) is 6.54 Å². The zero-order valence-electron chi connectivity index (χ0n) is 11.8. The van der Waals surface area contributed by atoms with Crippen LogP contribution in [0.5, 0.6) is 0 Å². The molecule has 0 bridgehead atoms. The Morgan fingerprint density at radius 3 is 2.65 bits per heavy atom. The molecule has 1 atom stereocenters. The van der Waals surface area contributed by atoms with Gasteiger partial charge in [0, 0.05) is 3.57 Å². The van der Waals surface area contributed by atoms with Gasteiger partial charge in [-0.3, -0.25) is 0 Å². The largest absolute Gasteiger partial charge is 0.307 e. The molecule has 3 rings (SSSR count). The molecule has 2 heteroatoms. The second-order valence-corrected chi connectivity index (χ2v) is 6.67. The van der Waals surface area contributed by atoms with Gasteiger partial charge in [0.2, 0.25) is 0 Å². The Morgan fingerprint density at radius 2 is 1.85 bits per heavy atom. The highest BCUT2D eigenvalue weighted by molar-refractivity contribution is 14.1. The first-order valence-electron chi connectivity index (χ1n) is 7.38. The van der Waals surface area contributed by atoms with Crippen LogP contribution in [0.4, 0.5) is 0 Å². The van der Waals surface area contributed by atoms with Gasteiger partial charge < -0.3 is 5.32 Å². The zero-order chi connectivity index (χ0) is 13.9. The minimum absolute atomic E-state index is 0.306. The number of benzene rings is 2. The zero-order valence-corrected chi connectivity index (χ0v) is 14.0. The predicted octanol–water partition coefficient (Wildman–Crippen LogP) is 4.48. The Kier molecular flexibility index (Phi) is 4.41. The molecule has 0 fully saturated rings. The van der Waals surface area contributed by atoms with E-state index >= 15 is 0 Å². The lowest BCUT2D eigenvalue weighted by molar-refractivity contribution is 0.630. The molecule has 0 heterocycles. The van der Waals surface area contributed by atoms with Crippen LogP contribution in [0, 0.1) is 3.57 Å². The summed E-state index contributed by atoms with van der Waals surface area (Å²) in [4.78, 5) is 0. The molecule has 1 N–H and O–H groups in total. The molecular weight excluding hydrogens is 357 g/mol. The van der Waals surface area contributed by atoms with E-state index in [4.69, 9.17) is 0 Å². The average Bonchev–Trinajstić information content (AvgIpc) is 2.92. The number of nitrogens with one attached hydrogen (secondary N) is 1. The van der Waals surface area contributed by atoms with E-state index in [9.17, 15) is 0 Å². The maximum Gasteiger partial charge on any atom is 0.0577 e. The summed E-state index contributed by atoms with van der Waals surface area (Å²) in [5.41, 5.74) is 5.86. The molecule has 0 saturated heterocycles. The molecule has 0 aromatic heterocycles.